The highest BCUT2D eigenvalue weighted by Crippen LogP contribution is 2.47. The SMILES string of the molecule is CC.CCN1CCN(S(=O)(=O)c2cc3cc-3c2Cl)CC1c1ccccc1. The summed E-state index contributed by atoms with van der Waals surface area (Å²) in [5, 5.41) is 0.374. The Morgan fingerprint density at radius 1 is 1.12 bits per heavy atom. The maximum absolute atomic E-state index is 13.0. The molecule has 1 saturated heterocycles. The van der Waals surface area contributed by atoms with Gasteiger partial charge in [0.2, 0.25) is 10.0 Å². The number of halogens is 1. The van der Waals surface area contributed by atoms with E-state index in [1.165, 1.54) is 0 Å². The van der Waals surface area contributed by atoms with Crippen LogP contribution < -0.4 is 0 Å². The van der Waals surface area contributed by atoms with Gasteiger partial charge in [0.1, 0.15) is 4.90 Å². The second-order valence-corrected chi connectivity index (χ2v) is 8.54. The average Bonchev–Trinajstić information content (AvgIpc) is 3.39. The fourth-order valence-electron chi connectivity index (χ4n) is 3.48. The van der Waals surface area contributed by atoms with Crippen molar-refractivity contribution in [1.29, 1.82) is 0 Å². The largest absolute Gasteiger partial charge is 0.294 e. The van der Waals surface area contributed by atoms with Crippen LogP contribution in [0.25, 0.3) is 11.1 Å². The summed E-state index contributed by atoms with van der Waals surface area (Å²) in [4.78, 5) is 2.58. The van der Waals surface area contributed by atoms with Crippen molar-refractivity contribution in [2.75, 3.05) is 26.2 Å². The Labute approximate surface area is 161 Å². The van der Waals surface area contributed by atoms with E-state index in [-0.39, 0.29) is 10.9 Å². The number of rotatable bonds is 4. The third kappa shape index (κ3) is 3.41. The van der Waals surface area contributed by atoms with Gasteiger partial charge in [-0.3, -0.25) is 4.90 Å². The van der Waals surface area contributed by atoms with E-state index < -0.39 is 10.0 Å². The highest BCUT2D eigenvalue weighted by Gasteiger charge is 2.37. The van der Waals surface area contributed by atoms with E-state index in [0.717, 1.165) is 29.8 Å². The molecule has 0 aromatic heterocycles. The Morgan fingerprint density at radius 2 is 1.81 bits per heavy atom. The molecule has 140 valence electrons. The van der Waals surface area contributed by atoms with E-state index in [2.05, 4.69) is 24.0 Å². The zero-order valence-corrected chi connectivity index (χ0v) is 17.0. The van der Waals surface area contributed by atoms with Gasteiger partial charge in [-0.15, -0.1) is 0 Å². The summed E-state index contributed by atoms with van der Waals surface area (Å²) in [6.45, 7) is 8.68. The lowest BCUT2D eigenvalue weighted by Gasteiger charge is -2.40. The second kappa shape index (κ2) is 7.69. The molecule has 1 aromatic rings. The number of likely N-dealkylation sites (N-methyl/N-ethyl adjacent to an activating group) is 1. The van der Waals surface area contributed by atoms with Crippen molar-refractivity contribution in [3.05, 3.63) is 53.1 Å². The smallest absolute Gasteiger partial charge is 0.244 e. The Kier molecular flexibility index (Phi) is 5.72. The number of fused-ring (bicyclic) bond motifs is 1. The van der Waals surface area contributed by atoms with Crippen LogP contribution in [-0.2, 0) is 10.0 Å². The van der Waals surface area contributed by atoms with Gasteiger partial charge in [-0.05, 0) is 29.8 Å². The Bertz CT molecular complexity index is 884. The van der Waals surface area contributed by atoms with Gasteiger partial charge in [0.15, 0.2) is 0 Å². The summed E-state index contributed by atoms with van der Waals surface area (Å²) < 4.78 is 27.6. The highest BCUT2D eigenvalue weighted by molar-refractivity contribution is 7.89. The summed E-state index contributed by atoms with van der Waals surface area (Å²) >= 11 is 6.23. The number of hydrogen-bond donors (Lipinski definition) is 0. The molecular weight excluding hydrogens is 368 g/mol. The van der Waals surface area contributed by atoms with Crippen LogP contribution in [0.15, 0.2) is 47.4 Å². The second-order valence-electron chi connectivity index (χ2n) is 6.25. The normalized spacial score (nSPS) is 19.6. The van der Waals surface area contributed by atoms with Crippen LogP contribution in [0.4, 0.5) is 0 Å². The van der Waals surface area contributed by atoms with Gasteiger partial charge in [-0.1, -0.05) is 62.7 Å². The topological polar surface area (TPSA) is 40.6 Å². The van der Waals surface area contributed by atoms with Crippen LogP contribution >= 0.6 is 11.6 Å². The summed E-state index contributed by atoms with van der Waals surface area (Å²) in [5.74, 6) is 0. The Hall–Kier alpha value is -1.40. The average molecular weight is 393 g/mol. The van der Waals surface area contributed by atoms with Gasteiger partial charge < -0.3 is 0 Å². The first-order chi connectivity index (χ1) is 12.5. The predicted molar refractivity (Wildman–Crippen MR) is 107 cm³/mol. The molecule has 1 heterocycles. The van der Waals surface area contributed by atoms with Crippen molar-refractivity contribution in [3.8, 4) is 11.1 Å². The molecule has 0 amide bonds. The summed E-state index contributed by atoms with van der Waals surface area (Å²) in [7, 11) is -3.55. The van der Waals surface area contributed by atoms with Crippen molar-refractivity contribution in [2.24, 2.45) is 0 Å². The van der Waals surface area contributed by atoms with E-state index in [4.69, 9.17) is 11.6 Å². The molecule has 1 aliphatic heterocycles. The fraction of sp³-hybridized carbons (Fsp3) is 0.400. The van der Waals surface area contributed by atoms with E-state index in [1.807, 2.05) is 38.1 Å². The van der Waals surface area contributed by atoms with Gasteiger partial charge in [0, 0.05) is 31.2 Å². The van der Waals surface area contributed by atoms with Crippen molar-refractivity contribution in [1.82, 2.24) is 9.21 Å². The van der Waals surface area contributed by atoms with Crippen LogP contribution in [0, 0.1) is 0 Å². The van der Waals surface area contributed by atoms with Crippen LogP contribution in [0.2, 0.25) is 5.02 Å². The Morgan fingerprint density at radius 3 is 2.38 bits per heavy atom. The molecule has 0 radical (unpaired) electrons. The van der Waals surface area contributed by atoms with Crippen LogP contribution in [0.1, 0.15) is 32.4 Å². The monoisotopic (exact) mass is 392 g/mol. The molecule has 0 saturated carbocycles. The predicted octanol–water partition coefficient (Wildman–Crippen LogP) is 4.41. The van der Waals surface area contributed by atoms with Crippen LogP contribution in [0.5, 0.6) is 0 Å². The van der Waals surface area contributed by atoms with Gasteiger partial charge in [0.05, 0.1) is 5.02 Å². The molecule has 0 spiro atoms. The summed E-state index contributed by atoms with van der Waals surface area (Å²) in [6, 6.07) is 13.8. The van der Waals surface area contributed by atoms with Crippen molar-refractivity contribution < 1.29 is 8.42 Å². The lowest BCUT2D eigenvalue weighted by molar-refractivity contribution is 0.124. The first-order valence-corrected chi connectivity index (χ1v) is 11.0. The van der Waals surface area contributed by atoms with Crippen molar-refractivity contribution in [3.63, 3.8) is 0 Å². The number of benzene rings is 2. The third-order valence-electron chi connectivity index (χ3n) is 4.93. The minimum Gasteiger partial charge on any atom is -0.294 e. The highest BCUT2D eigenvalue weighted by atomic mass is 35.5. The molecule has 0 bridgehead atoms. The molecule has 26 heavy (non-hydrogen) atoms. The van der Waals surface area contributed by atoms with E-state index in [9.17, 15) is 8.42 Å². The molecule has 1 unspecified atom stereocenters. The molecule has 1 atom stereocenters. The van der Waals surface area contributed by atoms with Crippen LogP contribution in [0.3, 0.4) is 0 Å². The standard InChI is InChI=1S/C18H19ClN2O2S.C2H6/c1-2-20-8-9-21(12-16(20)13-6-4-3-5-7-13)24(22,23)17-11-14-10-15(14)18(17)19;1-2/h3-7,10-11,16H,2,8-9,12H2,1H3;1-2H3. The quantitative estimate of drug-likeness (QED) is 0.660. The lowest BCUT2D eigenvalue weighted by atomic mass is 10.0. The minimum absolute atomic E-state index is 0.0712. The summed E-state index contributed by atoms with van der Waals surface area (Å²) in [5.41, 5.74) is 2.97. The third-order valence-corrected chi connectivity index (χ3v) is 7.34. The van der Waals surface area contributed by atoms with Gasteiger partial charge >= 0.3 is 0 Å². The molecule has 1 aromatic carbocycles. The number of nitrogens with zero attached hydrogens (tertiary/aromatic N) is 2. The van der Waals surface area contributed by atoms with Crippen LogP contribution in [-0.4, -0.2) is 43.8 Å². The summed E-state index contributed by atoms with van der Waals surface area (Å²) in [6.07, 6.45) is 0. The number of piperazine rings is 1. The number of hydrogen-bond acceptors (Lipinski definition) is 3. The fourth-order valence-corrected chi connectivity index (χ4v) is 5.54. The zero-order chi connectivity index (χ0) is 18.9. The molecule has 4 nitrogen and oxygen atoms in total. The molecule has 3 aliphatic rings. The zero-order valence-electron chi connectivity index (χ0n) is 15.4. The van der Waals surface area contributed by atoms with E-state index in [1.54, 1.807) is 10.4 Å². The van der Waals surface area contributed by atoms with Gasteiger partial charge in [-0.2, -0.15) is 4.31 Å². The van der Waals surface area contributed by atoms with E-state index in [0.29, 0.717) is 18.1 Å². The van der Waals surface area contributed by atoms with Crippen molar-refractivity contribution >= 4 is 21.6 Å². The Balaban J connectivity index is 0.000000948. The van der Waals surface area contributed by atoms with Gasteiger partial charge in [-0.25, -0.2) is 8.42 Å². The molecule has 2 aliphatic carbocycles. The minimum atomic E-state index is -3.55. The molecule has 4 rings (SSSR count). The lowest BCUT2D eigenvalue weighted by Crippen LogP contribution is -2.50. The molecular formula is C20H25ClN2O2S. The van der Waals surface area contributed by atoms with Crippen molar-refractivity contribution in [2.45, 2.75) is 31.7 Å². The van der Waals surface area contributed by atoms with Gasteiger partial charge in [0.25, 0.3) is 0 Å². The molecule has 0 N–H and O–H groups in total. The van der Waals surface area contributed by atoms with E-state index >= 15 is 0 Å². The maximum atomic E-state index is 13.0. The molecule has 1 fully saturated rings. The first-order valence-electron chi connectivity index (χ1n) is 9.15. The molecule has 6 heteroatoms. The maximum Gasteiger partial charge on any atom is 0.244 e. The number of sulfonamides is 1. The first kappa shape index (κ1) is 19.4.